The maximum Gasteiger partial charge on any atom is 0.230 e. The minimum Gasteiger partial charge on any atom is -0.493 e. The number of carbonyl (C=O) groups excluding carboxylic acids is 1. The second kappa shape index (κ2) is 10.3. The van der Waals surface area contributed by atoms with E-state index in [1.165, 1.54) is 0 Å². The lowest BCUT2D eigenvalue weighted by Crippen LogP contribution is -2.49. The number of benzene rings is 2. The quantitative estimate of drug-likeness (QED) is 0.664. The molecule has 0 bridgehead atoms. The van der Waals surface area contributed by atoms with Gasteiger partial charge in [-0.25, -0.2) is 0 Å². The highest BCUT2D eigenvalue weighted by atomic mass is 16.5. The van der Waals surface area contributed by atoms with Gasteiger partial charge in [-0.3, -0.25) is 9.69 Å². The van der Waals surface area contributed by atoms with Crippen LogP contribution < -0.4 is 14.2 Å². The van der Waals surface area contributed by atoms with Crippen molar-refractivity contribution in [1.82, 2.24) is 9.80 Å². The maximum absolute atomic E-state index is 13.1. The fraction of sp³-hybridized carbons (Fsp3) is 0.458. The van der Waals surface area contributed by atoms with Gasteiger partial charge in [-0.05, 0) is 18.1 Å². The third-order valence-corrected chi connectivity index (χ3v) is 5.77. The number of piperazine rings is 1. The summed E-state index contributed by atoms with van der Waals surface area (Å²) in [5, 5.41) is 0. The van der Waals surface area contributed by atoms with Crippen LogP contribution in [0.2, 0.25) is 0 Å². The van der Waals surface area contributed by atoms with Crippen molar-refractivity contribution in [2.24, 2.45) is 0 Å². The first-order chi connectivity index (χ1) is 14.6. The zero-order valence-corrected chi connectivity index (χ0v) is 18.4. The number of methoxy groups -OCH3 is 3. The zero-order valence-electron chi connectivity index (χ0n) is 18.4. The van der Waals surface area contributed by atoms with Gasteiger partial charge in [-0.1, -0.05) is 43.3 Å². The average molecular weight is 413 g/mol. The summed E-state index contributed by atoms with van der Waals surface area (Å²) < 4.78 is 16.5. The molecule has 1 unspecified atom stereocenters. The van der Waals surface area contributed by atoms with E-state index < -0.39 is 0 Å². The van der Waals surface area contributed by atoms with E-state index >= 15 is 0 Å². The van der Waals surface area contributed by atoms with Crippen LogP contribution in [0.5, 0.6) is 17.2 Å². The van der Waals surface area contributed by atoms with Crippen molar-refractivity contribution in [3.05, 3.63) is 53.6 Å². The summed E-state index contributed by atoms with van der Waals surface area (Å²) in [5.41, 5.74) is 2.15. The highest BCUT2D eigenvalue weighted by molar-refractivity contribution is 5.83. The normalized spacial score (nSPS) is 15.5. The lowest BCUT2D eigenvalue weighted by Gasteiger charge is -2.36. The van der Waals surface area contributed by atoms with Crippen molar-refractivity contribution in [1.29, 1.82) is 0 Å². The van der Waals surface area contributed by atoms with E-state index in [0.29, 0.717) is 17.2 Å². The molecular weight excluding hydrogens is 380 g/mol. The van der Waals surface area contributed by atoms with E-state index in [2.05, 4.69) is 11.8 Å². The number of hydrogen-bond donors (Lipinski definition) is 0. The second-order valence-electron chi connectivity index (χ2n) is 7.47. The molecule has 3 rings (SSSR count). The van der Waals surface area contributed by atoms with E-state index in [4.69, 9.17) is 14.2 Å². The Bertz CT molecular complexity index is 833. The lowest BCUT2D eigenvalue weighted by molar-refractivity contribution is -0.134. The fourth-order valence-corrected chi connectivity index (χ4v) is 4.11. The summed E-state index contributed by atoms with van der Waals surface area (Å²) in [6, 6.07) is 14.0. The van der Waals surface area contributed by atoms with E-state index in [9.17, 15) is 4.79 Å². The van der Waals surface area contributed by atoms with Crippen LogP contribution in [0, 0.1) is 0 Å². The number of nitrogens with zero attached hydrogens (tertiary/aromatic N) is 2. The highest BCUT2D eigenvalue weighted by Gasteiger charge is 2.28. The van der Waals surface area contributed by atoms with E-state index in [-0.39, 0.29) is 11.8 Å². The molecule has 1 saturated heterocycles. The molecule has 6 heteroatoms. The van der Waals surface area contributed by atoms with Gasteiger partial charge in [-0.2, -0.15) is 0 Å². The molecule has 0 aliphatic carbocycles. The minimum atomic E-state index is -0.0660. The van der Waals surface area contributed by atoms with Gasteiger partial charge >= 0.3 is 0 Å². The number of ether oxygens (including phenoxy) is 3. The SMILES string of the molecule is CCC(C(=O)N1CCN(Cc2ccc(OC)c(OC)c2OC)CC1)c1ccccc1. The molecule has 1 aliphatic heterocycles. The molecule has 2 aromatic rings. The van der Waals surface area contributed by atoms with Crippen LogP contribution in [0.3, 0.4) is 0 Å². The van der Waals surface area contributed by atoms with Crippen molar-refractivity contribution >= 4 is 5.91 Å². The van der Waals surface area contributed by atoms with Crippen molar-refractivity contribution in [3.8, 4) is 17.2 Å². The Hall–Kier alpha value is -2.73. The van der Waals surface area contributed by atoms with Crippen molar-refractivity contribution in [2.45, 2.75) is 25.8 Å². The van der Waals surface area contributed by atoms with Crippen LogP contribution in [-0.4, -0.2) is 63.2 Å². The van der Waals surface area contributed by atoms with Gasteiger partial charge < -0.3 is 19.1 Å². The van der Waals surface area contributed by atoms with Crippen molar-refractivity contribution in [3.63, 3.8) is 0 Å². The number of rotatable bonds is 8. The Balaban J connectivity index is 1.64. The average Bonchev–Trinajstić information content (AvgIpc) is 2.80. The van der Waals surface area contributed by atoms with Crippen LogP contribution in [0.4, 0.5) is 0 Å². The first-order valence-corrected chi connectivity index (χ1v) is 10.5. The molecule has 0 aromatic heterocycles. The summed E-state index contributed by atoms with van der Waals surface area (Å²) in [7, 11) is 4.88. The van der Waals surface area contributed by atoms with Crippen LogP contribution in [0.15, 0.2) is 42.5 Å². The molecule has 0 N–H and O–H groups in total. The van der Waals surface area contributed by atoms with Gasteiger partial charge in [0, 0.05) is 38.3 Å². The Morgan fingerprint density at radius 1 is 0.900 bits per heavy atom. The topological polar surface area (TPSA) is 51.2 Å². The lowest BCUT2D eigenvalue weighted by atomic mass is 9.95. The molecule has 1 atom stereocenters. The predicted octanol–water partition coefficient (Wildman–Crippen LogP) is 3.55. The third-order valence-electron chi connectivity index (χ3n) is 5.77. The van der Waals surface area contributed by atoms with E-state index in [1.807, 2.05) is 47.4 Å². The molecule has 1 aliphatic rings. The molecule has 0 saturated carbocycles. The standard InChI is InChI=1S/C24H32N2O4/c1-5-20(18-9-7-6-8-10-18)24(27)26-15-13-25(14-16-26)17-19-11-12-21(28-2)23(30-4)22(19)29-3/h6-12,20H,5,13-17H2,1-4H3. The van der Waals surface area contributed by atoms with Crippen molar-refractivity contribution < 1.29 is 19.0 Å². The molecule has 6 nitrogen and oxygen atoms in total. The molecule has 1 heterocycles. The molecular formula is C24H32N2O4. The number of amides is 1. The maximum atomic E-state index is 13.1. The van der Waals surface area contributed by atoms with E-state index in [1.54, 1.807) is 21.3 Å². The van der Waals surface area contributed by atoms with Gasteiger partial charge in [0.2, 0.25) is 11.7 Å². The highest BCUT2D eigenvalue weighted by Crippen LogP contribution is 2.40. The second-order valence-corrected chi connectivity index (χ2v) is 7.47. The smallest absolute Gasteiger partial charge is 0.230 e. The monoisotopic (exact) mass is 412 g/mol. The zero-order chi connectivity index (χ0) is 21.5. The molecule has 162 valence electrons. The summed E-state index contributed by atoms with van der Waals surface area (Å²) in [4.78, 5) is 17.5. The Kier molecular flexibility index (Phi) is 7.57. The van der Waals surface area contributed by atoms with Crippen LogP contribution >= 0.6 is 0 Å². The first kappa shape index (κ1) is 22.0. The third kappa shape index (κ3) is 4.70. The molecule has 2 aromatic carbocycles. The molecule has 0 radical (unpaired) electrons. The first-order valence-electron chi connectivity index (χ1n) is 10.5. The Labute approximate surface area is 179 Å². The summed E-state index contributed by atoms with van der Waals surface area (Å²) in [6.07, 6.45) is 0.811. The Morgan fingerprint density at radius 3 is 2.13 bits per heavy atom. The summed E-state index contributed by atoms with van der Waals surface area (Å²) in [6.45, 7) is 5.94. The molecule has 1 fully saturated rings. The Morgan fingerprint density at radius 2 is 1.57 bits per heavy atom. The number of carbonyl (C=O) groups is 1. The fourth-order valence-electron chi connectivity index (χ4n) is 4.11. The van der Waals surface area contributed by atoms with Crippen LogP contribution in [-0.2, 0) is 11.3 Å². The summed E-state index contributed by atoms with van der Waals surface area (Å²) >= 11 is 0. The number of hydrogen-bond acceptors (Lipinski definition) is 5. The van der Waals surface area contributed by atoms with Gasteiger partial charge in [-0.15, -0.1) is 0 Å². The van der Waals surface area contributed by atoms with E-state index in [0.717, 1.165) is 50.3 Å². The molecule has 0 spiro atoms. The molecule has 1 amide bonds. The summed E-state index contributed by atoms with van der Waals surface area (Å²) in [5.74, 6) is 2.13. The van der Waals surface area contributed by atoms with Gasteiger partial charge in [0.25, 0.3) is 0 Å². The predicted molar refractivity (Wildman–Crippen MR) is 117 cm³/mol. The van der Waals surface area contributed by atoms with Gasteiger partial charge in [0.1, 0.15) is 0 Å². The van der Waals surface area contributed by atoms with Crippen LogP contribution in [0.1, 0.15) is 30.4 Å². The minimum absolute atomic E-state index is 0.0660. The van der Waals surface area contributed by atoms with Gasteiger partial charge in [0.15, 0.2) is 11.5 Å². The largest absolute Gasteiger partial charge is 0.493 e. The van der Waals surface area contributed by atoms with Crippen molar-refractivity contribution in [2.75, 3.05) is 47.5 Å². The van der Waals surface area contributed by atoms with Gasteiger partial charge in [0.05, 0.1) is 27.2 Å². The molecule has 30 heavy (non-hydrogen) atoms. The van der Waals surface area contributed by atoms with Crippen LogP contribution in [0.25, 0.3) is 0 Å².